The van der Waals surface area contributed by atoms with Gasteiger partial charge in [0.25, 0.3) is 0 Å². The molecule has 0 saturated heterocycles. The number of fused-ring (bicyclic) bond motifs is 1. The van der Waals surface area contributed by atoms with Crippen LogP contribution < -0.4 is 15.5 Å². The minimum Gasteiger partial charge on any atom is -0.344 e. The summed E-state index contributed by atoms with van der Waals surface area (Å²) < 4.78 is 0. The number of carbonyl (C=O) groups excluding carboxylic acids is 3. The second-order valence-corrected chi connectivity index (χ2v) is 7.79. The van der Waals surface area contributed by atoms with E-state index in [1.165, 1.54) is 0 Å². The highest BCUT2D eigenvalue weighted by atomic mass is 35.5. The molecular weight excluding hydrogens is 390 g/mol. The molecule has 2 N–H and O–H groups in total. The average Bonchev–Trinajstić information content (AvgIpc) is 2.72. The van der Waals surface area contributed by atoms with Gasteiger partial charge in [-0.1, -0.05) is 43.6 Å². The van der Waals surface area contributed by atoms with Gasteiger partial charge in [-0.05, 0) is 48.2 Å². The molecule has 2 aromatic rings. The van der Waals surface area contributed by atoms with E-state index in [1.807, 2.05) is 19.9 Å². The zero-order chi connectivity index (χ0) is 21.0. The van der Waals surface area contributed by atoms with Crippen LogP contribution in [0.2, 0.25) is 5.02 Å². The zero-order valence-electron chi connectivity index (χ0n) is 16.5. The van der Waals surface area contributed by atoms with Gasteiger partial charge in [-0.3, -0.25) is 14.4 Å². The summed E-state index contributed by atoms with van der Waals surface area (Å²) in [4.78, 5) is 38.7. The van der Waals surface area contributed by atoms with Gasteiger partial charge in [0, 0.05) is 35.4 Å². The number of nitrogens with zero attached hydrogens (tertiary/aromatic N) is 1. The van der Waals surface area contributed by atoms with Crippen molar-refractivity contribution in [1.29, 1.82) is 0 Å². The van der Waals surface area contributed by atoms with Crippen molar-refractivity contribution in [3.05, 3.63) is 58.6 Å². The molecule has 0 radical (unpaired) electrons. The summed E-state index contributed by atoms with van der Waals surface area (Å²) in [7, 11) is 0. The molecule has 152 valence electrons. The van der Waals surface area contributed by atoms with Crippen LogP contribution in [0.15, 0.2) is 42.5 Å². The summed E-state index contributed by atoms with van der Waals surface area (Å²) in [6, 6.07) is 12.4. The Morgan fingerprint density at radius 2 is 1.79 bits per heavy atom. The van der Waals surface area contributed by atoms with Crippen LogP contribution in [0.4, 0.5) is 11.4 Å². The number of carbonyl (C=O) groups is 3. The van der Waals surface area contributed by atoms with Crippen molar-refractivity contribution < 1.29 is 14.4 Å². The Morgan fingerprint density at radius 3 is 2.48 bits per heavy atom. The second-order valence-electron chi connectivity index (χ2n) is 7.35. The lowest BCUT2D eigenvalue weighted by Crippen LogP contribution is -2.38. The molecule has 1 aliphatic rings. The summed E-state index contributed by atoms with van der Waals surface area (Å²) in [6.07, 6.45) is 1.79. The number of hydrogen-bond donors (Lipinski definition) is 2. The van der Waals surface area contributed by atoms with Crippen molar-refractivity contribution in [3.63, 3.8) is 0 Å². The summed E-state index contributed by atoms with van der Waals surface area (Å²) in [5.41, 5.74) is 3.19. The summed E-state index contributed by atoms with van der Waals surface area (Å²) in [6.45, 7) is 4.62. The fourth-order valence-electron chi connectivity index (χ4n) is 3.25. The maximum atomic E-state index is 12.5. The highest BCUT2D eigenvalue weighted by Crippen LogP contribution is 2.31. The molecule has 0 aliphatic carbocycles. The SMILES string of the molecule is CC(C)C(=O)N1CCCc2ccc(NC(=O)C(=O)NCc3ccc(Cl)cc3)cc21. The first-order chi connectivity index (χ1) is 13.8. The van der Waals surface area contributed by atoms with Crippen LogP contribution in [0, 0.1) is 5.92 Å². The Kier molecular flexibility index (Phi) is 6.54. The van der Waals surface area contributed by atoms with Crippen LogP contribution in [0.3, 0.4) is 0 Å². The molecule has 0 atom stereocenters. The van der Waals surface area contributed by atoms with Crippen LogP contribution >= 0.6 is 11.6 Å². The van der Waals surface area contributed by atoms with E-state index in [0.717, 1.165) is 29.7 Å². The number of benzene rings is 2. The lowest BCUT2D eigenvalue weighted by molar-refractivity contribution is -0.136. The Hall–Kier alpha value is -2.86. The van der Waals surface area contributed by atoms with E-state index in [2.05, 4.69) is 10.6 Å². The molecule has 0 saturated carbocycles. The highest BCUT2D eigenvalue weighted by molar-refractivity contribution is 6.39. The predicted octanol–water partition coefficient (Wildman–Crippen LogP) is 3.53. The van der Waals surface area contributed by atoms with Crippen molar-refractivity contribution in [2.45, 2.75) is 33.2 Å². The van der Waals surface area contributed by atoms with Crippen molar-refractivity contribution in [2.24, 2.45) is 5.92 Å². The molecule has 0 aromatic heterocycles. The summed E-state index contributed by atoms with van der Waals surface area (Å²) in [5.74, 6) is -1.54. The molecule has 3 rings (SSSR count). The van der Waals surface area contributed by atoms with E-state index < -0.39 is 11.8 Å². The van der Waals surface area contributed by atoms with Gasteiger partial charge in [0.15, 0.2) is 0 Å². The first kappa shape index (κ1) is 20.9. The van der Waals surface area contributed by atoms with Gasteiger partial charge in [0.1, 0.15) is 0 Å². The second kappa shape index (κ2) is 9.09. The van der Waals surface area contributed by atoms with Crippen LogP contribution in [0.5, 0.6) is 0 Å². The quantitative estimate of drug-likeness (QED) is 0.752. The summed E-state index contributed by atoms with van der Waals surface area (Å²) in [5, 5.41) is 5.81. The fourth-order valence-corrected chi connectivity index (χ4v) is 3.37. The monoisotopic (exact) mass is 413 g/mol. The Morgan fingerprint density at radius 1 is 1.07 bits per heavy atom. The Balaban J connectivity index is 1.66. The molecular formula is C22H24ClN3O3. The van der Waals surface area contributed by atoms with Crippen molar-refractivity contribution in [1.82, 2.24) is 5.32 Å². The molecule has 1 heterocycles. The first-order valence-corrected chi connectivity index (χ1v) is 10.0. The van der Waals surface area contributed by atoms with Crippen molar-refractivity contribution in [3.8, 4) is 0 Å². The number of nitrogens with one attached hydrogen (secondary N) is 2. The van der Waals surface area contributed by atoms with E-state index in [0.29, 0.717) is 17.3 Å². The maximum absolute atomic E-state index is 12.5. The normalized spacial score (nSPS) is 13.0. The third kappa shape index (κ3) is 5.15. The number of anilines is 2. The van der Waals surface area contributed by atoms with Gasteiger partial charge in [-0.15, -0.1) is 0 Å². The molecule has 7 heteroatoms. The zero-order valence-corrected chi connectivity index (χ0v) is 17.3. The minimum atomic E-state index is -0.753. The van der Waals surface area contributed by atoms with Gasteiger partial charge in [0.05, 0.1) is 0 Å². The van der Waals surface area contributed by atoms with Gasteiger partial charge < -0.3 is 15.5 Å². The molecule has 3 amide bonds. The van der Waals surface area contributed by atoms with E-state index in [4.69, 9.17) is 11.6 Å². The van der Waals surface area contributed by atoms with Crippen LogP contribution in [0.1, 0.15) is 31.4 Å². The Bertz CT molecular complexity index is 925. The number of hydrogen-bond acceptors (Lipinski definition) is 3. The molecule has 1 aliphatic heterocycles. The maximum Gasteiger partial charge on any atom is 0.313 e. The standard InChI is InChI=1S/C22H24ClN3O3/c1-14(2)22(29)26-11-3-4-16-7-10-18(12-19(16)26)25-21(28)20(27)24-13-15-5-8-17(23)9-6-15/h5-10,12,14H,3-4,11,13H2,1-2H3,(H,24,27)(H,25,28). The fraction of sp³-hybridized carbons (Fsp3) is 0.318. The molecule has 0 fully saturated rings. The molecule has 0 bridgehead atoms. The number of rotatable bonds is 4. The predicted molar refractivity (Wildman–Crippen MR) is 114 cm³/mol. The molecule has 0 unspecified atom stereocenters. The molecule has 6 nitrogen and oxygen atoms in total. The first-order valence-electron chi connectivity index (χ1n) is 9.63. The van der Waals surface area contributed by atoms with E-state index >= 15 is 0 Å². The van der Waals surface area contributed by atoms with Crippen LogP contribution in [-0.2, 0) is 27.3 Å². The smallest absolute Gasteiger partial charge is 0.313 e. The third-order valence-corrected chi connectivity index (χ3v) is 5.05. The largest absolute Gasteiger partial charge is 0.344 e. The molecule has 0 spiro atoms. The molecule has 2 aromatic carbocycles. The minimum absolute atomic E-state index is 0.0511. The van der Waals surface area contributed by atoms with Gasteiger partial charge in [-0.25, -0.2) is 0 Å². The van der Waals surface area contributed by atoms with Gasteiger partial charge >= 0.3 is 11.8 Å². The number of amides is 3. The van der Waals surface area contributed by atoms with E-state index in [1.54, 1.807) is 41.3 Å². The van der Waals surface area contributed by atoms with Gasteiger partial charge in [-0.2, -0.15) is 0 Å². The average molecular weight is 414 g/mol. The van der Waals surface area contributed by atoms with Gasteiger partial charge in [0.2, 0.25) is 5.91 Å². The van der Waals surface area contributed by atoms with E-state index in [9.17, 15) is 14.4 Å². The molecule has 29 heavy (non-hydrogen) atoms. The topological polar surface area (TPSA) is 78.5 Å². The van der Waals surface area contributed by atoms with Crippen LogP contribution in [-0.4, -0.2) is 24.3 Å². The lowest BCUT2D eigenvalue weighted by Gasteiger charge is -2.31. The lowest BCUT2D eigenvalue weighted by atomic mass is 9.99. The highest BCUT2D eigenvalue weighted by Gasteiger charge is 2.25. The van der Waals surface area contributed by atoms with Crippen LogP contribution in [0.25, 0.3) is 0 Å². The number of halogens is 1. The third-order valence-electron chi connectivity index (χ3n) is 4.79. The Labute approximate surface area is 175 Å². The van der Waals surface area contributed by atoms with Crippen molar-refractivity contribution >= 4 is 40.7 Å². The number of aryl methyl sites for hydroxylation is 1. The summed E-state index contributed by atoms with van der Waals surface area (Å²) >= 11 is 5.84. The van der Waals surface area contributed by atoms with Crippen molar-refractivity contribution in [2.75, 3.05) is 16.8 Å². The van der Waals surface area contributed by atoms with E-state index in [-0.39, 0.29) is 18.4 Å².